The van der Waals surface area contributed by atoms with Crippen LogP contribution >= 0.6 is 0 Å². The summed E-state index contributed by atoms with van der Waals surface area (Å²) < 4.78 is 5.62. The van der Waals surface area contributed by atoms with Gasteiger partial charge >= 0.3 is 0 Å². The van der Waals surface area contributed by atoms with E-state index in [1.54, 1.807) is 0 Å². The van der Waals surface area contributed by atoms with E-state index in [-0.39, 0.29) is 0 Å². The molecular formula is C13H24O. The first kappa shape index (κ1) is 11.8. The number of rotatable bonds is 6. The molecule has 0 spiro atoms. The quantitative estimate of drug-likeness (QED) is 0.459. The molecule has 1 rings (SSSR count). The maximum atomic E-state index is 5.62. The van der Waals surface area contributed by atoms with E-state index in [9.17, 15) is 0 Å². The molecule has 0 saturated carbocycles. The summed E-state index contributed by atoms with van der Waals surface area (Å²) in [6.45, 7) is 3.22. The van der Waals surface area contributed by atoms with Crippen LogP contribution in [0.3, 0.4) is 0 Å². The fourth-order valence-electron chi connectivity index (χ4n) is 1.85. The summed E-state index contributed by atoms with van der Waals surface area (Å²) in [7, 11) is 0. The highest BCUT2D eigenvalue weighted by atomic mass is 16.5. The molecule has 1 saturated heterocycles. The summed E-state index contributed by atoms with van der Waals surface area (Å²) in [5.74, 6) is 0. The minimum atomic E-state index is 0.426. The largest absolute Gasteiger partial charge is 0.374 e. The molecule has 0 radical (unpaired) electrons. The third kappa shape index (κ3) is 5.43. The number of allylic oxidation sites excluding steroid dienone is 1. The molecule has 0 bridgehead atoms. The predicted octanol–water partition coefficient (Wildman–Crippen LogP) is 4.08. The Labute approximate surface area is 88.5 Å². The molecule has 1 atom stereocenters. The maximum absolute atomic E-state index is 5.62. The van der Waals surface area contributed by atoms with Crippen molar-refractivity contribution in [3.8, 4) is 0 Å². The third-order valence-electron chi connectivity index (χ3n) is 2.79. The van der Waals surface area contributed by atoms with E-state index >= 15 is 0 Å². The predicted molar refractivity (Wildman–Crippen MR) is 61.5 cm³/mol. The van der Waals surface area contributed by atoms with Gasteiger partial charge in [-0.25, -0.2) is 0 Å². The van der Waals surface area contributed by atoms with Crippen LogP contribution in [0.4, 0.5) is 0 Å². The summed E-state index contributed by atoms with van der Waals surface area (Å²) in [5.41, 5.74) is 0. The second-order valence-electron chi connectivity index (χ2n) is 4.18. The first-order valence-electron chi connectivity index (χ1n) is 6.21. The van der Waals surface area contributed by atoms with E-state index < -0.39 is 0 Å². The topological polar surface area (TPSA) is 9.23 Å². The van der Waals surface area contributed by atoms with Crippen molar-refractivity contribution in [2.24, 2.45) is 0 Å². The van der Waals surface area contributed by atoms with Crippen LogP contribution in [0.1, 0.15) is 58.3 Å². The van der Waals surface area contributed by atoms with Gasteiger partial charge in [0.2, 0.25) is 0 Å². The van der Waals surface area contributed by atoms with Gasteiger partial charge in [-0.05, 0) is 32.1 Å². The highest BCUT2D eigenvalue weighted by Crippen LogP contribution is 2.14. The lowest BCUT2D eigenvalue weighted by Gasteiger charge is -2.19. The van der Waals surface area contributed by atoms with Gasteiger partial charge in [-0.2, -0.15) is 0 Å². The van der Waals surface area contributed by atoms with Crippen molar-refractivity contribution in [1.82, 2.24) is 0 Å². The molecule has 0 aliphatic carbocycles. The normalized spacial score (nSPS) is 23.1. The lowest BCUT2D eigenvalue weighted by atomic mass is 10.1. The van der Waals surface area contributed by atoms with E-state index in [0.717, 1.165) is 6.61 Å². The summed E-state index contributed by atoms with van der Waals surface area (Å²) in [6.07, 6.45) is 15.5. The highest BCUT2D eigenvalue weighted by molar-refractivity contribution is 4.90. The molecule has 1 fully saturated rings. The molecule has 1 unspecified atom stereocenters. The third-order valence-corrected chi connectivity index (χ3v) is 2.79. The van der Waals surface area contributed by atoms with Crippen molar-refractivity contribution in [2.45, 2.75) is 64.4 Å². The number of hydrogen-bond acceptors (Lipinski definition) is 1. The van der Waals surface area contributed by atoms with Crippen LogP contribution in [-0.2, 0) is 4.74 Å². The van der Waals surface area contributed by atoms with Crippen LogP contribution in [0.2, 0.25) is 0 Å². The molecule has 1 aliphatic rings. The number of hydrogen-bond donors (Lipinski definition) is 0. The first-order chi connectivity index (χ1) is 6.93. The molecule has 0 N–H and O–H groups in total. The van der Waals surface area contributed by atoms with Gasteiger partial charge in [-0.3, -0.25) is 0 Å². The van der Waals surface area contributed by atoms with Gasteiger partial charge in [-0.1, -0.05) is 38.3 Å². The van der Waals surface area contributed by atoms with Gasteiger partial charge in [0.05, 0.1) is 6.10 Å². The van der Waals surface area contributed by atoms with Crippen LogP contribution < -0.4 is 0 Å². The van der Waals surface area contributed by atoms with Gasteiger partial charge in [0, 0.05) is 6.61 Å². The van der Waals surface area contributed by atoms with E-state index in [4.69, 9.17) is 4.74 Å². The fraction of sp³-hybridized carbons (Fsp3) is 0.846. The fourth-order valence-corrected chi connectivity index (χ4v) is 1.85. The standard InChI is InChI=1S/C13H24O/c1-2-3-4-5-6-7-10-13-11-8-9-12-14-13/h7,10,13H,2-6,8-9,11-12H2,1H3/b10-7+. The van der Waals surface area contributed by atoms with Crippen molar-refractivity contribution in [2.75, 3.05) is 6.61 Å². The van der Waals surface area contributed by atoms with Crippen molar-refractivity contribution in [1.29, 1.82) is 0 Å². The lowest BCUT2D eigenvalue weighted by molar-refractivity contribution is 0.0464. The van der Waals surface area contributed by atoms with Crippen molar-refractivity contribution >= 4 is 0 Å². The molecule has 1 heterocycles. The monoisotopic (exact) mass is 196 g/mol. The molecule has 0 amide bonds. The Bertz CT molecular complexity index is 145. The Kier molecular flexibility index (Phi) is 6.77. The van der Waals surface area contributed by atoms with Crippen molar-refractivity contribution < 1.29 is 4.74 Å². The Morgan fingerprint density at radius 1 is 1.21 bits per heavy atom. The Morgan fingerprint density at radius 3 is 2.86 bits per heavy atom. The molecule has 1 aliphatic heterocycles. The zero-order chi connectivity index (χ0) is 10.1. The summed E-state index contributed by atoms with van der Waals surface area (Å²) in [6, 6.07) is 0. The zero-order valence-electron chi connectivity index (χ0n) is 9.50. The Hall–Kier alpha value is -0.300. The van der Waals surface area contributed by atoms with Gasteiger partial charge in [-0.15, -0.1) is 0 Å². The summed E-state index contributed by atoms with van der Waals surface area (Å²) in [4.78, 5) is 0. The Balaban J connectivity index is 1.96. The van der Waals surface area contributed by atoms with E-state index in [1.165, 1.54) is 51.4 Å². The highest BCUT2D eigenvalue weighted by Gasteiger charge is 2.09. The van der Waals surface area contributed by atoms with Crippen LogP contribution in [0.15, 0.2) is 12.2 Å². The van der Waals surface area contributed by atoms with E-state index in [1.807, 2.05) is 0 Å². The SMILES string of the molecule is CCCCCC/C=C/C1CCCCO1. The molecule has 0 aromatic rings. The smallest absolute Gasteiger partial charge is 0.0755 e. The zero-order valence-corrected chi connectivity index (χ0v) is 9.50. The van der Waals surface area contributed by atoms with Crippen LogP contribution in [0, 0.1) is 0 Å². The van der Waals surface area contributed by atoms with Gasteiger partial charge in [0.1, 0.15) is 0 Å². The van der Waals surface area contributed by atoms with Gasteiger partial charge < -0.3 is 4.74 Å². The molecule has 1 heteroatoms. The van der Waals surface area contributed by atoms with E-state index in [2.05, 4.69) is 19.1 Å². The molecule has 0 aromatic heterocycles. The second-order valence-corrected chi connectivity index (χ2v) is 4.18. The lowest BCUT2D eigenvalue weighted by Crippen LogP contribution is -2.16. The number of ether oxygens (including phenoxy) is 1. The minimum Gasteiger partial charge on any atom is -0.374 e. The first-order valence-corrected chi connectivity index (χ1v) is 6.21. The van der Waals surface area contributed by atoms with Gasteiger partial charge in [0.15, 0.2) is 0 Å². The number of unbranched alkanes of at least 4 members (excludes halogenated alkanes) is 4. The molecule has 14 heavy (non-hydrogen) atoms. The van der Waals surface area contributed by atoms with E-state index in [0.29, 0.717) is 6.10 Å². The Morgan fingerprint density at radius 2 is 2.14 bits per heavy atom. The van der Waals surface area contributed by atoms with Gasteiger partial charge in [0.25, 0.3) is 0 Å². The van der Waals surface area contributed by atoms with Crippen LogP contribution in [0.25, 0.3) is 0 Å². The van der Waals surface area contributed by atoms with Crippen molar-refractivity contribution in [3.05, 3.63) is 12.2 Å². The average molecular weight is 196 g/mol. The molecule has 0 aromatic carbocycles. The maximum Gasteiger partial charge on any atom is 0.0755 e. The molecule has 82 valence electrons. The average Bonchev–Trinajstić information content (AvgIpc) is 2.25. The van der Waals surface area contributed by atoms with Crippen LogP contribution in [0.5, 0.6) is 0 Å². The minimum absolute atomic E-state index is 0.426. The van der Waals surface area contributed by atoms with Crippen LogP contribution in [-0.4, -0.2) is 12.7 Å². The molecule has 1 nitrogen and oxygen atoms in total. The molecular weight excluding hydrogens is 172 g/mol. The summed E-state index contributed by atoms with van der Waals surface area (Å²) in [5, 5.41) is 0. The second kappa shape index (κ2) is 8.05. The summed E-state index contributed by atoms with van der Waals surface area (Å²) >= 11 is 0. The van der Waals surface area contributed by atoms with Crippen molar-refractivity contribution in [3.63, 3.8) is 0 Å².